The van der Waals surface area contributed by atoms with Gasteiger partial charge < -0.3 is 0 Å². The first kappa shape index (κ1) is 10.3. The van der Waals surface area contributed by atoms with E-state index in [1.54, 1.807) is 0 Å². The summed E-state index contributed by atoms with van der Waals surface area (Å²) in [6, 6.07) is 0. The van der Waals surface area contributed by atoms with Crippen LogP contribution in [0.4, 0.5) is 22.0 Å². The van der Waals surface area contributed by atoms with Crippen LogP contribution < -0.4 is 0 Å². The first-order valence-electron chi connectivity index (χ1n) is 1.95. The molecule has 0 saturated heterocycles. The van der Waals surface area contributed by atoms with Gasteiger partial charge in [0.15, 0.2) is 6.86 Å². The molecule has 0 spiro atoms. The van der Waals surface area contributed by atoms with Crippen molar-refractivity contribution in [3.05, 3.63) is 0 Å². The van der Waals surface area contributed by atoms with Gasteiger partial charge in [-0.15, -0.1) is 0 Å². The van der Waals surface area contributed by atoms with Gasteiger partial charge in [-0.1, -0.05) is 0 Å². The lowest BCUT2D eigenvalue weighted by molar-refractivity contribution is -0.283. The number of hydrogen-bond donors (Lipinski definition) is 0. The molecule has 0 aliphatic carbocycles. The molecule has 0 aliphatic rings. The molecule has 0 fully saturated rings. The van der Waals surface area contributed by atoms with E-state index >= 15 is 0 Å². The maximum Gasteiger partial charge on any atom is 0.458 e. The molecule has 0 bridgehead atoms. The Kier molecular flexibility index (Phi) is 3.27. The molecule has 0 amide bonds. The summed E-state index contributed by atoms with van der Waals surface area (Å²) in [4.78, 5) is 0. The lowest BCUT2D eigenvalue weighted by Crippen LogP contribution is -2.37. The van der Waals surface area contributed by atoms with Gasteiger partial charge in [0.05, 0.1) is 0 Å². The fraction of sp³-hybridized carbons (Fsp3) is 1.00. The van der Waals surface area contributed by atoms with Crippen molar-refractivity contribution >= 4 is 22.6 Å². The molecule has 1 unspecified atom stereocenters. The van der Waals surface area contributed by atoms with Crippen LogP contribution in [0.5, 0.6) is 0 Å². The third kappa shape index (κ3) is 2.52. The van der Waals surface area contributed by atoms with Crippen molar-refractivity contribution in [3.8, 4) is 0 Å². The van der Waals surface area contributed by atoms with Crippen LogP contribution in [0.3, 0.4) is 0 Å². The number of alkyl halides is 6. The summed E-state index contributed by atoms with van der Waals surface area (Å²) < 4.78 is 56.3. The average Bonchev–Trinajstić information content (AvgIpc) is 1.61. The van der Waals surface area contributed by atoms with Crippen molar-refractivity contribution in [2.24, 2.45) is 0 Å². The van der Waals surface area contributed by atoms with Gasteiger partial charge in [-0.25, -0.2) is 4.39 Å². The van der Waals surface area contributed by atoms with E-state index in [9.17, 15) is 22.0 Å². The lowest BCUT2D eigenvalue weighted by Gasteiger charge is -2.19. The first-order chi connectivity index (χ1) is 4.31. The minimum absolute atomic E-state index is 0.329. The molecule has 0 aromatic rings. The van der Waals surface area contributed by atoms with E-state index in [1.165, 1.54) is 0 Å². The molecule has 0 aromatic heterocycles. The van der Waals surface area contributed by atoms with Crippen LogP contribution in [0.25, 0.3) is 0 Å². The Balaban J connectivity index is 4.10. The molecule has 0 saturated carbocycles. The minimum atomic E-state index is -5.19. The molecule has 7 heteroatoms. The van der Waals surface area contributed by atoms with E-state index in [0.29, 0.717) is 22.6 Å². The van der Waals surface area contributed by atoms with Crippen LogP contribution in [0.2, 0.25) is 0 Å². The topological polar surface area (TPSA) is 9.23 Å². The molecule has 10 heavy (non-hydrogen) atoms. The Morgan fingerprint density at radius 3 is 1.70 bits per heavy atom. The van der Waals surface area contributed by atoms with Gasteiger partial charge in [0.1, 0.15) is 0 Å². The highest BCUT2D eigenvalue weighted by molar-refractivity contribution is 14.1. The number of hydrogen-bond acceptors (Lipinski definition) is 1. The van der Waals surface area contributed by atoms with Crippen molar-refractivity contribution < 1.29 is 26.7 Å². The van der Waals surface area contributed by atoms with Gasteiger partial charge in [0.25, 0.3) is 0 Å². The fourth-order valence-corrected chi connectivity index (χ4v) is 0.268. The molecule has 0 radical (unpaired) electrons. The summed E-state index contributed by atoms with van der Waals surface area (Å²) in [7, 11) is 0. The van der Waals surface area contributed by atoms with E-state index in [-0.39, 0.29) is 0 Å². The van der Waals surface area contributed by atoms with Crippen molar-refractivity contribution in [1.82, 2.24) is 0 Å². The van der Waals surface area contributed by atoms with E-state index in [2.05, 4.69) is 4.74 Å². The molecular weight excluding hydrogens is 274 g/mol. The van der Waals surface area contributed by atoms with Gasteiger partial charge >= 0.3 is 10.0 Å². The van der Waals surface area contributed by atoms with E-state index in [0.717, 1.165) is 0 Å². The van der Waals surface area contributed by atoms with Crippen LogP contribution >= 0.6 is 22.6 Å². The summed E-state index contributed by atoms with van der Waals surface area (Å²) in [6.07, 6.45) is -5.19. The zero-order valence-corrected chi connectivity index (χ0v) is 6.54. The third-order valence-corrected chi connectivity index (χ3v) is 1.49. The van der Waals surface area contributed by atoms with Gasteiger partial charge in [-0.3, -0.25) is 4.74 Å². The predicted molar refractivity (Wildman–Crippen MR) is 31.0 cm³/mol. The normalized spacial score (nSPS) is 18.6. The standard InChI is InChI=1S/C3H2F5IO/c4-1-10-3(8,9)2(5,6)7/h1H2. The average molecular weight is 276 g/mol. The quantitative estimate of drug-likeness (QED) is 0.428. The summed E-state index contributed by atoms with van der Waals surface area (Å²) in [6.45, 7) is -1.81. The molecule has 62 valence electrons. The van der Waals surface area contributed by atoms with E-state index in [1.807, 2.05) is 0 Å². The highest BCUT2D eigenvalue weighted by atomic mass is 127. The molecule has 1 nitrogen and oxygen atoms in total. The second-order valence-electron chi connectivity index (χ2n) is 1.27. The summed E-state index contributed by atoms with van der Waals surface area (Å²) in [5.74, 6) is 0. The van der Waals surface area contributed by atoms with Crippen molar-refractivity contribution in [1.29, 1.82) is 0 Å². The monoisotopic (exact) mass is 276 g/mol. The maximum atomic E-state index is 12.0. The van der Waals surface area contributed by atoms with Crippen LogP contribution in [0.15, 0.2) is 0 Å². The molecule has 1 atom stereocenters. The zero-order chi connectivity index (χ0) is 8.41. The van der Waals surface area contributed by atoms with Gasteiger partial charge in [0.2, 0.25) is 0 Å². The molecule has 0 rings (SSSR count). The van der Waals surface area contributed by atoms with Crippen molar-refractivity contribution in [2.45, 2.75) is 10.0 Å². The van der Waals surface area contributed by atoms with Crippen LogP contribution in [0.1, 0.15) is 0 Å². The van der Waals surface area contributed by atoms with Crippen LogP contribution in [0, 0.1) is 0 Å². The SMILES string of the molecule is FCOC(F)(I)C(F)(F)F. The fourth-order valence-electron chi connectivity index (χ4n) is 0.150. The second kappa shape index (κ2) is 3.16. The van der Waals surface area contributed by atoms with Crippen molar-refractivity contribution in [3.63, 3.8) is 0 Å². The number of halogens is 6. The molecule has 0 heterocycles. The van der Waals surface area contributed by atoms with Gasteiger partial charge in [-0.05, 0) is 0 Å². The molecule has 0 N–H and O–H groups in total. The lowest BCUT2D eigenvalue weighted by atomic mass is 10.7. The minimum Gasteiger partial charge on any atom is -0.299 e. The summed E-state index contributed by atoms with van der Waals surface area (Å²) >= 11 is 0.329. The van der Waals surface area contributed by atoms with Crippen LogP contribution in [-0.2, 0) is 4.74 Å². The number of rotatable bonds is 2. The second-order valence-corrected chi connectivity index (χ2v) is 2.66. The maximum absolute atomic E-state index is 12.0. The number of ether oxygens (including phenoxy) is 1. The molecule has 0 aromatic carbocycles. The Hall–Kier alpha value is 0.340. The highest BCUT2D eigenvalue weighted by Crippen LogP contribution is 2.40. The largest absolute Gasteiger partial charge is 0.458 e. The molecular formula is C3H2F5IO. The summed E-state index contributed by atoms with van der Waals surface area (Å²) in [5, 5.41) is 0. The van der Waals surface area contributed by atoms with Crippen LogP contribution in [-0.4, -0.2) is 16.9 Å². The smallest absolute Gasteiger partial charge is 0.299 e. The van der Waals surface area contributed by atoms with Gasteiger partial charge in [0, 0.05) is 22.6 Å². The first-order valence-corrected chi connectivity index (χ1v) is 3.03. The van der Waals surface area contributed by atoms with E-state index in [4.69, 9.17) is 0 Å². The predicted octanol–water partition coefficient (Wildman–Crippen LogP) is 2.55. The Morgan fingerprint density at radius 2 is 1.60 bits per heavy atom. The Bertz CT molecular complexity index is 110. The van der Waals surface area contributed by atoms with Crippen molar-refractivity contribution in [2.75, 3.05) is 6.86 Å². The highest BCUT2D eigenvalue weighted by Gasteiger charge is 2.56. The van der Waals surface area contributed by atoms with Gasteiger partial charge in [-0.2, -0.15) is 17.6 Å². The Labute approximate surface area is 66.7 Å². The summed E-state index contributed by atoms with van der Waals surface area (Å²) in [5.41, 5.74) is 0. The zero-order valence-electron chi connectivity index (χ0n) is 4.38. The Morgan fingerprint density at radius 1 is 1.20 bits per heavy atom. The van der Waals surface area contributed by atoms with E-state index < -0.39 is 16.9 Å². The third-order valence-electron chi connectivity index (χ3n) is 0.566. The molecule has 0 aliphatic heterocycles.